The van der Waals surface area contributed by atoms with Crippen LogP contribution in [-0.2, 0) is 14.3 Å². The highest BCUT2D eigenvalue weighted by molar-refractivity contribution is 8.03. The molecule has 3 atom stereocenters. The van der Waals surface area contributed by atoms with Gasteiger partial charge in [0.2, 0.25) is 5.91 Å². The Morgan fingerprint density at radius 2 is 1.96 bits per heavy atom. The molecular formula is C22H18ClNO3S. The molecule has 1 heterocycles. The molecule has 2 aromatic carbocycles. The molecule has 1 aliphatic heterocycles. The summed E-state index contributed by atoms with van der Waals surface area (Å²) >= 11 is 7.73. The van der Waals surface area contributed by atoms with E-state index in [9.17, 15) is 9.59 Å². The second-order valence-electron chi connectivity index (χ2n) is 6.66. The van der Waals surface area contributed by atoms with Gasteiger partial charge >= 0.3 is 5.97 Å². The Kier molecular flexibility index (Phi) is 5.29. The van der Waals surface area contributed by atoms with Gasteiger partial charge in [-0.2, -0.15) is 0 Å². The summed E-state index contributed by atoms with van der Waals surface area (Å²) in [7, 11) is 1.29. The number of benzene rings is 2. The normalized spacial score (nSPS) is 21.5. The lowest BCUT2D eigenvalue weighted by molar-refractivity contribution is -0.147. The number of methoxy groups -OCH3 is 1. The minimum atomic E-state index is -1.02. The number of hydrogen-bond donors (Lipinski definition) is 1. The number of anilines is 1. The van der Waals surface area contributed by atoms with Crippen molar-refractivity contribution in [3.63, 3.8) is 0 Å². The Hall–Kier alpha value is -2.50. The Balaban J connectivity index is 1.61. The zero-order chi connectivity index (χ0) is 19.7. The predicted octanol–water partition coefficient (Wildman–Crippen LogP) is 4.88. The van der Waals surface area contributed by atoms with Crippen LogP contribution in [0.25, 0.3) is 10.8 Å². The average Bonchev–Trinajstić information content (AvgIpc) is 3.10. The fraction of sp³-hybridized carbons (Fsp3) is 0.182. The van der Waals surface area contributed by atoms with E-state index in [1.54, 1.807) is 11.8 Å². The van der Waals surface area contributed by atoms with Crippen molar-refractivity contribution in [2.75, 3.05) is 12.4 Å². The third-order valence-electron chi connectivity index (χ3n) is 4.93. The summed E-state index contributed by atoms with van der Waals surface area (Å²) in [6.45, 7) is 0. The van der Waals surface area contributed by atoms with Crippen LogP contribution in [-0.4, -0.2) is 24.2 Å². The molecule has 0 spiro atoms. The molecule has 2 aliphatic rings. The number of hydrogen-bond acceptors (Lipinski definition) is 4. The standard InChI is InChI=1S/C22H18ClNO3S/c1-27-22(26)20(18-12-28-19-9-7-15(23)11-17(18)19)21(25)24-16-8-6-13-4-2-3-5-14(13)10-16/h2-12,17,19-20H,1H3,(H,24,25). The lowest BCUT2D eigenvalue weighted by Crippen LogP contribution is -2.34. The largest absolute Gasteiger partial charge is 0.468 e. The van der Waals surface area contributed by atoms with E-state index in [2.05, 4.69) is 5.32 Å². The van der Waals surface area contributed by atoms with Crippen molar-refractivity contribution >= 4 is 51.7 Å². The maximum absolute atomic E-state index is 13.1. The number of halogens is 1. The first-order valence-electron chi connectivity index (χ1n) is 8.85. The number of esters is 1. The monoisotopic (exact) mass is 411 g/mol. The van der Waals surface area contributed by atoms with E-state index in [4.69, 9.17) is 16.3 Å². The molecule has 0 saturated heterocycles. The Labute approximate surface area is 172 Å². The van der Waals surface area contributed by atoms with E-state index in [0.29, 0.717) is 16.3 Å². The fourth-order valence-electron chi connectivity index (χ4n) is 3.53. The number of ether oxygens (including phenoxy) is 1. The van der Waals surface area contributed by atoms with Crippen molar-refractivity contribution in [1.29, 1.82) is 0 Å². The average molecular weight is 412 g/mol. The third-order valence-corrected chi connectivity index (χ3v) is 6.36. The number of carbonyl (C=O) groups is 2. The summed E-state index contributed by atoms with van der Waals surface area (Å²) in [4.78, 5) is 25.6. The van der Waals surface area contributed by atoms with Crippen LogP contribution in [0.3, 0.4) is 0 Å². The Morgan fingerprint density at radius 3 is 2.75 bits per heavy atom. The minimum Gasteiger partial charge on any atom is -0.468 e. The number of thioether (sulfide) groups is 1. The van der Waals surface area contributed by atoms with Crippen LogP contribution in [0.5, 0.6) is 0 Å². The first kappa shape index (κ1) is 18.8. The van der Waals surface area contributed by atoms with Crippen LogP contribution < -0.4 is 5.32 Å². The molecule has 0 bridgehead atoms. The molecule has 1 N–H and O–H groups in total. The molecule has 0 saturated carbocycles. The van der Waals surface area contributed by atoms with Gasteiger partial charge in [-0.15, -0.1) is 11.8 Å². The van der Waals surface area contributed by atoms with E-state index in [0.717, 1.165) is 10.8 Å². The molecule has 4 rings (SSSR count). The highest BCUT2D eigenvalue weighted by Gasteiger charge is 2.41. The maximum Gasteiger partial charge on any atom is 0.322 e. The highest BCUT2D eigenvalue weighted by Crippen LogP contribution is 2.44. The summed E-state index contributed by atoms with van der Waals surface area (Å²) in [6, 6.07) is 13.5. The molecular weight excluding hydrogens is 394 g/mol. The van der Waals surface area contributed by atoms with Crippen LogP contribution in [0.15, 0.2) is 76.7 Å². The van der Waals surface area contributed by atoms with Crippen LogP contribution in [0.4, 0.5) is 5.69 Å². The summed E-state index contributed by atoms with van der Waals surface area (Å²) in [5.74, 6) is -2.11. The summed E-state index contributed by atoms with van der Waals surface area (Å²) in [6.07, 6.45) is 5.73. The first-order valence-corrected chi connectivity index (χ1v) is 10.2. The number of allylic oxidation sites excluding steroid dienone is 3. The lowest BCUT2D eigenvalue weighted by atomic mass is 9.84. The SMILES string of the molecule is COC(=O)C(C(=O)Nc1ccc2ccccc2c1)C1=CSC2C=CC(Cl)=CC12. The molecule has 4 nitrogen and oxygen atoms in total. The van der Waals surface area contributed by atoms with Crippen molar-refractivity contribution in [2.24, 2.45) is 11.8 Å². The van der Waals surface area contributed by atoms with Crippen LogP contribution in [0.1, 0.15) is 0 Å². The molecule has 0 radical (unpaired) electrons. The van der Waals surface area contributed by atoms with Crippen LogP contribution in [0, 0.1) is 11.8 Å². The van der Waals surface area contributed by atoms with Gasteiger partial charge in [0.25, 0.3) is 0 Å². The van der Waals surface area contributed by atoms with Crippen molar-refractivity contribution in [2.45, 2.75) is 5.25 Å². The van der Waals surface area contributed by atoms with Crippen molar-refractivity contribution in [3.05, 3.63) is 76.7 Å². The van der Waals surface area contributed by atoms with Gasteiger partial charge in [-0.1, -0.05) is 54.1 Å². The van der Waals surface area contributed by atoms with E-state index in [-0.39, 0.29) is 11.2 Å². The van der Waals surface area contributed by atoms with Crippen LogP contribution in [0.2, 0.25) is 0 Å². The van der Waals surface area contributed by atoms with Gasteiger partial charge in [0.05, 0.1) is 7.11 Å². The number of nitrogens with one attached hydrogen (secondary N) is 1. The van der Waals surface area contributed by atoms with E-state index in [1.165, 1.54) is 7.11 Å². The maximum atomic E-state index is 13.1. The Bertz CT molecular complexity index is 1040. The van der Waals surface area contributed by atoms with Gasteiger partial charge in [0.1, 0.15) is 0 Å². The molecule has 0 fully saturated rings. The van der Waals surface area contributed by atoms with Gasteiger partial charge in [-0.3, -0.25) is 9.59 Å². The number of carbonyl (C=O) groups excluding carboxylic acids is 2. The molecule has 142 valence electrons. The summed E-state index contributed by atoms with van der Waals surface area (Å²) in [5, 5.41) is 7.59. The van der Waals surface area contributed by atoms with E-state index >= 15 is 0 Å². The van der Waals surface area contributed by atoms with E-state index < -0.39 is 17.8 Å². The highest BCUT2D eigenvalue weighted by atomic mass is 35.5. The van der Waals surface area contributed by atoms with Gasteiger partial charge in [-0.05, 0) is 40.0 Å². The molecule has 6 heteroatoms. The van der Waals surface area contributed by atoms with Gasteiger partial charge < -0.3 is 10.1 Å². The molecule has 3 unspecified atom stereocenters. The van der Waals surface area contributed by atoms with Gasteiger partial charge in [0.15, 0.2) is 5.92 Å². The molecule has 1 aliphatic carbocycles. The number of amides is 1. The molecule has 1 amide bonds. The van der Waals surface area contributed by atoms with Crippen molar-refractivity contribution in [1.82, 2.24) is 0 Å². The zero-order valence-corrected chi connectivity index (χ0v) is 16.7. The second kappa shape index (κ2) is 7.86. The topological polar surface area (TPSA) is 55.4 Å². The van der Waals surface area contributed by atoms with Gasteiger partial charge in [-0.25, -0.2) is 0 Å². The molecule has 0 aromatic heterocycles. The third kappa shape index (κ3) is 3.60. The lowest BCUT2D eigenvalue weighted by Gasteiger charge is -2.24. The fourth-order valence-corrected chi connectivity index (χ4v) is 4.92. The van der Waals surface area contributed by atoms with Gasteiger partial charge in [0, 0.05) is 21.9 Å². The van der Waals surface area contributed by atoms with E-state index in [1.807, 2.05) is 66.1 Å². The van der Waals surface area contributed by atoms with Crippen LogP contribution >= 0.6 is 23.4 Å². The molecule has 2 aromatic rings. The Morgan fingerprint density at radius 1 is 1.18 bits per heavy atom. The second-order valence-corrected chi connectivity index (χ2v) is 8.15. The zero-order valence-electron chi connectivity index (χ0n) is 15.1. The summed E-state index contributed by atoms with van der Waals surface area (Å²) in [5.41, 5.74) is 1.35. The smallest absolute Gasteiger partial charge is 0.322 e. The minimum absolute atomic E-state index is 0.103. The number of fused-ring (bicyclic) bond motifs is 2. The predicted molar refractivity (Wildman–Crippen MR) is 114 cm³/mol. The van der Waals surface area contributed by atoms with Crippen molar-refractivity contribution < 1.29 is 14.3 Å². The number of rotatable bonds is 4. The summed E-state index contributed by atoms with van der Waals surface area (Å²) < 4.78 is 4.94. The molecule has 28 heavy (non-hydrogen) atoms. The quantitative estimate of drug-likeness (QED) is 0.575. The first-order chi connectivity index (χ1) is 13.6. The van der Waals surface area contributed by atoms with Crippen molar-refractivity contribution in [3.8, 4) is 0 Å².